The molecular weight excluding hydrogens is 213 g/mol. The van der Waals surface area contributed by atoms with E-state index in [0.29, 0.717) is 6.42 Å². The third-order valence-electron chi connectivity index (χ3n) is 2.54. The lowest BCUT2D eigenvalue weighted by molar-refractivity contribution is 0.584. The number of hydrogen-bond acceptors (Lipinski definition) is 1. The van der Waals surface area contributed by atoms with Crippen molar-refractivity contribution in [3.63, 3.8) is 0 Å². The van der Waals surface area contributed by atoms with Crippen LogP contribution in [0.25, 0.3) is 5.70 Å². The Balaban J connectivity index is 0.00000121. The maximum atomic E-state index is 13.7. The van der Waals surface area contributed by atoms with Crippen LogP contribution in [-0.2, 0) is 6.42 Å². The average molecular weight is 237 g/mol. The maximum absolute atomic E-state index is 13.7. The van der Waals surface area contributed by atoms with Crippen molar-refractivity contribution < 1.29 is 4.39 Å². The van der Waals surface area contributed by atoms with Gasteiger partial charge >= 0.3 is 0 Å². The monoisotopic (exact) mass is 237 g/mol. The summed E-state index contributed by atoms with van der Waals surface area (Å²) < 4.78 is 13.7. The van der Waals surface area contributed by atoms with E-state index in [4.69, 9.17) is 0 Å². The van der Waals surface area contributed by atoms with Gasteiger partial charge in [0.05, 0.1) is 0 Å². The summed E-state index contributed by atoms with van der Waals surface area (Å²) in [5, 5.41) is 0. The highest BCUT2D eigenvalue weighted by molar-refractivity contribution is 5.65. The zero-order valence-electron chi connectivity index (χ0n) is 11.9. The van der Waals surface area contributed by atoms with Crippen LogP contribution < -0.4 is 0 Å². The number of aryl methyl sites for hydroxylation is 1. The van der Waals surface area contributed by atoms with Crippen molar-refractivity contribution in [2.75, 3.05) is 14.1 Å². The Morgan fingerprint density at radius 1 is 1.29 bits per heavy atom. The predicted molar refractivity (Wildman–Crippen MR) is 74.6 cm³/mol. The summed E-state index contributed by atoms with van der Waals surface area (Å²) in [5.41, 5.74) is 3.46. The first-order chi connectivity index (χ1) is 7.97. The van der Waals surface area contributed by atoms with E-state index in [2.05, 4.69) is 6.58 Å². The van der Waals surface area contributed by atoms with Crippen molar-refractivity contribution in [1.29, 1.82) is 0 Å². The number of benzene rings is 1. The van der Waals surface area contributed by atoms with E-state index >= 15 is 0 Å². The number of rotatable bonds is 3. The first kappa shape index (κ1) is 15.7. The minimum atomic E-state index is -0.129. The molecule has 1 aromatic rings. The van der Waals surface area contributed by atoms with Gasteiger partial charge in [-0.1, -0.05) is 27.4 Å². The van der Waals surface area contributed by atoms with Crippen molar-refractivity contribution in [1.82, 2.24) is 4.90 Å². The summed E-state index contributed by atoms with van der Waals surface area (Å²) in [6, 6.07) is 3.56. The Kier molecular flexibility index (Phi) is 6.55. The van der Waals surface area contributed by atoms with Gasteiger partial charge in [0.15, 0.2) is 0 Å². The van der Waals surface area contributed by atoms with Crippen LogP contribution in [0.1, 0.15) is 37.5 Å². The molecule has 0 fully saturated rings. The summed E-state index contributed by atoms with van der Waals surface area (Å²) in [7, 11) is 3.84. The summed E-state index contributed by atoms with van der Waals surface area (Å²) in [5.74, 6) is -0.129. The third kappa shape index (κ3) is 3.88. The smallest absolute Gasteiger partial charge is 0.127 e. The first-order valence-electron chi connectivity index (χ1n) is 6.13. The van der Waals surface area contributed by atoms with E-state index in [1.165, 1.54) is 0 Å². The lowest BCUT2D eigenvalue weighted by atomic mass is 9.99. The molecule has 0 spiro atoms. The molecule has 0 aliphatic carbocycles. The molecule has 2 heteroatoms. The van der Waals surface area contributed by atoms with Crippen LogP contribution >= 0.6 is 0 Å². The molecule has 1 aromatic carbocycles. The second-order valence-electron chi connectivity index (χ2n) is 3.97. The minimum absolute atomic E-state index is 0.129. The summed E-state index contributed by atoms with van der Waals surface area (Å²) >= 11 is 0. The van der Waals surface area contributed by atoms with Gasteiger partial charge in [0, 0.05) is 25.4 Å². The maximum Gasteiger partial charge on any atom is 0.127 e. The van der Waals surface area contributed by atoms with Gasteiger partial charge in [0.25, 0.3) is 0 Å². The van der Waals surface area contributed by atoms with Crippen LogP contribution in [0.4, 0.5) is 4.39 Å². The van der Waals surface area contributed by atoms with Crippen molar-refractivity contribution in [2.24, 2.45) is 0 Å². The second kappa shape index (κ2) is 7.10. The third-order valence-corrected chi connectivity index (χ3v) is 2.54. The fraction of sp³-hybridized carbons (Fsp3) is 0.467. The van der Waals surface area contributed by atoms with E-state index in [-0.39, 0.29) is 5.82 Å². The van der Waals surface area contributed by atoms with Crippen molar-refractivity contribution in [2.45, 2.75) is 34.1 Å². The van der Waals surface area contributed by atoms with Gasteiger partial charge in [-0.2, -0.15) is 0 Å². The van der Waals surface area contributed by atoms with Gasteiger partial charge in [0.2, 0.25) is 0 Å². The SMILES string of the molecule is C=C(c1cc(C)cc(F)c1CC)N(C)C.CC. The van der Waals surface area contributed by atoms with Crippen molar-refractivity contribution >= 4 is 5.70 Å². The normalized spacial score (nSPS) is 9.35. The topological polar surface area (TPSA) is 3.24 Å². The summed E-state index contributed by atoms with van der Waals surface area (Å²) in [6.45, 7) is 11.8. The van der Waals surface area contributed by atoms with Gasteiger partial charge in [-0.15, -0.1) is 0 Å². The Morgan fingerprint density at radius 3 is 2.24 bits per heavy atom. The van der Waals surface area contributed by atoms with E-state index in [9.17, 15) is 4.39 Å². The van der Waals surface area contributed by atoms with Crippen molar-refractivity contribution in [3.8, 4) is 0 Å². The molecule has 0 atom stereocenters. The molecule has 0 saturated carbocycles. The molecule has 0 aromatic heterocycles. The van der Waals surface area contributed by atoms with Gasteiger partial charge in [-0.05, 0) is 36.6 Å². The van der Waals surface area contributed by atoms with Gasteiger partial charge in [0.1, 0.15) is 5.82 Å². The Bertz CT molecular complexity index is 381. The summed E-state index contributed by atoms with van der Waals surface area (Å²) in [6.07, 6.45) is 0.689. The standard InChI is InChI=1S/C13H18FN.C2H6/c1-6-11-12(10(3)15(4)5)7-9(2)8-13(11)14;1-2/h7-8H,3,6H2,1-2,4-5H3;1-2H3. The Labute approximate surface area is 105 Å². The molecule has 0 aliphatic rings. The van der Waals surface area contributed by atoms with Gasteiger partial charge in [-0.3, -0.25) is 0 Å². The lowest BCUT2D eigenvalue weighted by Crippen LogP contribution is -2.11. The van der Waals surface area contributed by atoms with Crippen LogP contribution in [0.5, 0.6) is 0 Å². The lowest BCUT2D eigenvalue weighted by Gasteiger charge is -2.19. The van der Waals surface area contributed by atoms with Crippen LogP contribution in [0.3, 0.4) is 0 Å². The van der Waals surface area contributed by atoms with E-state index in [1.54, 1.807) is 6.07 Å². The molecule has 96 valence electrons. The highest BCUT2D eigenvalue weighted by Crippen LogP contribution is 2.24. The zero-order chi connectivity index (χ0) is 13.6. The van der Waals surface area contributed by atoms with Crippen molar-refractivity contribution in [3.05, 3.63) is 41.2 Å². The molecule has 0 N–H and O–H groups in total. The molecule has 1 nitrogen and oxygen atoms in total. The molecule has 1 rings (SSSR count). The van der Waals surface area contributed by atoms with Crippen LogP contribution in [0.15, 0.2) is 18.7 Å². The highest BCUT2D eigenvalue weighted by atomic mass is 19.1. The first-order valence-corrected chi connectivity index (χ1v) is 6.13. The molecule has 0 amide bonds. The highest BCUT2D eigenvalue weighted by Gasteiger charge is 2.11. The quantitative estimate of drug-likeness (QED) is 0.759. The van der Waals surface area contributed by atoms with Crippen LogP contribution in [0.2, 0.25) is 0 Å². The number of halogens is 1. The predicted octanol–water partition coefficient (Wildman–Crippen LogP) is 4.26. The van der Waals surface area contributed by atoms with E-state index in [1.807, 2.05) is 52.8 Å². The molecule has 0 saturated heterocycles. The molecule has 0 radical (unpaired) electrons. The van der Waals surface area contributed by atoms with Gasteiger partial charge < -0.3 is 4.90 Å². The molecule has 0 unspecified atom stereocenters. The molecule has 17 heavy (non-hydrogen) atoms. The largest absolute Gasteiger partial charge is 0.378 e. The second-order valence-corrected chi connectivity index (χ2v) is 3.97. The minimum Gasteiger partial charge on any atom is -0.378 e. The average Bonchev–Trinajstić information content (AvgIpc) is 2.29. The van der Waals surface area contributed by atoms with E-state index in [0.717, 1.165) is 22.4 Å². The fourth-order valence-corrected chi connectivity index (χ4v) is 1.63. The van der Waals surface area contributed by atoms with Crippen LogP contribution in [0, 0.1) is 12.7 Å². The van der Waals surface area contributed by atoms with Gasteiger partial charge in [-0.25, -0.2) is 4.39 Å². The fourth-order valence-electron chi connectivity index (χ4n) is 1.63. The number of nitrogens with zero attached hydrogens (tertiary/aromatic N) is 1. The molecule has 0 bridgehead atoms. The summed E-state index contributed by atoms with van der Waals surface area (Å²) in [4.78, 5) is 1.91. The number of hydrogen-bond donors (Lipinski definition) is 0. The molecule has 0 heterocycles. The molecular formula is C15H24FN. The Morgan fingerprint density at radius 2 is 1.82 bits per heavy atom. The zero-order valence-corrected chi connectivity index (χ0v) is 11.9. The molecule has 0 aliphatic heterocycles. The Hall–Kier alpha value is -1.31. The van der Waals surface area contributed by atoms with E-state index < -0.39 is 0 Å². The van der Waals surface area contributed by atoms with Crippen LogP contribution in [-0.4, -0.2) is 19.0 Å².